The number of hydrogen-bond acceptors (Lipinski definition) is 5. The lowest BCUT2D eigenvalue weighted by molar-refractivity contribution is 0.173. The van der Waals surface area contributed by atoms with Gasteiger partial charge in [0.1, 0.15) is 5.82 Å². The molecular weight excluding hydrogens is 415 g/mol. The molecule has 0 aliphatic carbocycles. The van der Waals surface area contributed by atoms with Gasteiger partial charge in [0.15, 0.2) is 23.0 Å². The van der Waals surface area contributed by atoms with E-state index in [0.29, 0.717) is 41.5 Å². The maximum absolute atomic E-state index is 13.3. The van der Waals surface area contributed by atoms with Crippen molar-refractivity contribution in [3.8, 4) is 23.0 Å². The first-order valence-corrected chi connectivity index (χ1v) is 10.2. The third-order valence-electron chi connectivity index (χ3n) is 5.28. The van der Waals surface area contributed by atoms with Gasteiger partial charge in [-0.05, 0) is 60.4 Å². The Morgan fingerprint density at radius 2 is 1.38 bits per heavy atom. The van der Waals surface area contributed by atoms with Gasteiger partial charge in [-0.1, -0.05) is 18.2 Å². The van der Waals surface area contributed by atoms with Gasteiger partial charge in [0, 0.05) is 17.8 Å². The van der Waals surface area contributed by atoms with E-state index in [-0.39, 0.29) is 31.5 Å². The van der Waals surface area contributed by atoms with Crippen LogP contribution in [0.5, 0.6) is 23.0 Å². The number of hydrogen-bond donors (Lipinski definition) is 2. The Bertz CT molecular complexity index is 1140. The molecule has 164 valence electrons. The third kappa shape index (κ3) is 4.54. The molecule has 2 aliphatic rings. The van der Waals surface area contributed by atoms with E-state index in [2.05, 4.69) is 10.6 Å². The lowest BCUT2D eigenvalue weighted by atomic mass is 9.98. The molecule has 1 atom stereocenters. The van der Waals surface area contributed by atoms with Crippen LogP contribution in [0.2, 0.25) is 0 Å². The summed E-state index contributed by atoms with van der Waals surface area (Å²) in [5.41, 5.74) is 2.50. The molecule has 0 saturated heterocycles. The summed E-state index contributed by atoms with van der Waals surface area (Å²) < 4.78 is 34.8. The van der Waals surface area contributed by atoms with Gasteiger partial charge in [-0.15, -0.1) is 0 Å². The molecule has 0 bridgehead atoms. The number of ether oxygens (including phenoxy) is 4. The van der Waals surface area contributed by atoms with Crippen LogP contribution in [0.25, 0.3) is 0 Å². The monoisotopic (exact) mass is 436 g/mol. The number of carbonyl (C=O) groups excluding carboxylic acids is 1. The molecule has 2 heterocycles. The first-order valence-electron chi connectivity index (χ1n) is 10.2. The summed E-state index contributed by atoms with van der Waals surface area (Å²) in [5.74, 6) is 2.33. The summed E-state index contributed by atoms with van der Waals surface area (Å²) in [4.78, 5) is 12.7. The van der Waals surface area contributed by atoms with Gasteiger partial charge in [-0.2, -0.15) is 0 Å². The molecule has 5 rings (SSSR count). The molecule has 32 heavy (non-hydrogen) atoms. The van der Waals surface area contributed by atoms with Crippen LogP contribution < -0.4 is 29.6 Å². The topological polar surface area (TPSA) is 78.1 Å². The minimum absolute atomic E-state index is 0.167. The number of carbonyl (C=O) groups is 1. The van der Waals surface area contributed by atoms with Crippen LogP contribution in [0.4, 0.5) is 14.9 Å². The predicted octanol–water partition coefficient (Wildman–Crippen LogP) is 4.26. The van der Waals surface area contributed by atoms with Gasteiger partial charge in [-0.3, -0.25) is 0 Å². The van der Waals surface area contributed by atoms with Gasteiger partial charge in [0.05, 0.1) is 0 Å². The molecule has 2 aliphatic heterocycles. The highest BCUT2D eigenvalue weighted by Gasteiger charge is 2.19. The zero-order valence-electron chi connectivity index (χ0n) is 17.1. The van der Waals surface area contributed by atoms with Gasteiger partial charge < -0.3 is 29.6 Å². The molecule has 2 N–H and O–H groups in total. The third-order valence-corrected chi connectivity index (χ3v) is 5.28. The molecule has 8 heteroatoms. The number of fused-ring (bicyclic) bond motifs is 2. The molecule has 3 aromatic carbocycles. The van der Waals surface area contributed by atoms with Crippen LogP contribution in [0.3, 0.4) is 0 Å². The Balaban J connectivity index is 1.30. The number of amides is 2. The second-order valence-corrected chi connectivity index (χ2v) is 7.59. The molecule has 0 spiro atoms. The van der Waals surface area contributed by atoms with Gasteiger partial charge in [0.25, 0.3) is 0 Å². The largest absolute Gasteiger partial charge is 0.454 e. The summed E-state index contributed by atoms with van der Waals surface area (Å²) in [5, 5.41) is 5.86. The number of benzene rings is 3. The smallest absolute Gasteiger partial charge is 0.319 e. The Labute approximate surface area is 184 Å². The van der Waals surface area contributed by atoms with E-state index >= 15 is 0 Å². The van der Waals surface area contributed by atoms with Crippen LogP contribution in [0.1, 0.15) is 11.1 Å². The van der Waals surface area contributed by atoms with E-state index in [1.807, 2.05) is 18.2 Å². The van der Waals surface area contributed by atoms with Crippen LogP contribution in [-0.2, 0) is 12.8 Å². The SMILES string of the molecule is O=C(Nc1ccc2c(c1)OCO2)N[C@@H](Cc1ccc(F)cc1)Cc1ccc2c(c1)OCO2. The van der Waals surface area contributed by atoms with Crippen molar-refractivity contribution < 1.29 is 28.1 Å². The van der Waals surface area contributed by atoms with E-state index < -0.39 is 0 Å². The number of halogens is 1. The van der Waals surface area contributed by atoms with Crippen molar-refractivity contribution in [1.82, 2.24) is 5.32 Å². The van der Waals surface area contributed by atoms with Gasteiger partial charge in [-0.25, -0.2) is 9.18 Å². The Hall–Kier alpha value is -3.94. The average Bonchev–Trinajstić information content (AvgIpc) is 3.43. The van der Waals surface area contributed by atoms with Gasteiger partial charge in [0.2, 0.25) is 13.6 Å². The zero-order chi connectivity index (χ0) is 21.9. The lowest BCUT2D eigenvalue weighted by Crippen LogP contribution is -2.40. The number of urea groups is 1. The van der Waals surface area contributed by atoms with E-state index in [9.17, 15) is 9.18 Å². The van der Waals surface area contributed by atoms with Gasteiger partial charge >= 0.3 is 6.03 Å². The van der Waals surface area contributed by atoms with Crippen molar-refractivity contribution >= 4 is 11.7 Å². The lowest BCUT2D eigenvalue weighted by Gasteiger charge is -2.20. The fourth-order valence-electron chi connectivity index (χ4n) is 3.76. The van der Waals surface area contributed by atoms with E-state index in [0.717, 1.165) is 11.1 Å². The minimum atomic E-state index is -0.350. The fraction of sp³-hybridized carbons (Fsp3) is 0.208. The molecule has 3 aromatic rings. The first-order chi connectivity index (χ1) is 15.6. The van der Waals surface area contributed by atoms with Crippen LogP contribution in [0.15, 0.2) is 60.7 Å². The summed E-state index contributed by atoms with van der Waals surface area (Å²) in [7, 11) is 0. The highest BCUT2D eigenvalue weighted by Crippen LogP contribution is 2.34. The molecule has 2 amide bonds. The van der Waals surface area contributed by atoms with Crippen molar-refractivity contribution in [2.24, 2.45) is 0 Å². The summed E-state index contributed by atoms with van der Waals surface area (Å²) >= 11 is 0. The van der Waals surface area contributed by atoms with Crippen LogP contribution in [-0.4, -0.2) is 25.7 Å². The summed E-state index contributed by atoms with van der Waals surface area (Å²) in [6.07, 6.45) is 1.09. The molecule has 0 aromatic heterocycles. The first kappa shape index (κ1) is 20.0. The second kappa shape index (κ2) is 8.66. The summed E-state index contributed by atoms with van der Waals surface area (Å²) in [6, 6.07) is 16.6. The molecule has 7 nitrogen and oxygen atoms in total. The van der Waals surface area contributed by atoms with Crippen LogP contribution >= 0.6 is 0 Å². The zero-order valence-corrected chi connectivity index (χ0v) is 17.1. The molecular formula is C24H21FN2O5. The number of nitrogens with one attached hydrogen (secondary N) is 2. The van der Waals surface area contributed by atoms with Crippen molar-refractivity contribution in [2.75, 3.05) is 18.9 Å². The van der Waals surface area contributed by atoms with E-state index in [4.69, 9.17) is 18.9 Å². The van der Waals surface area contributed by atoms with Crippen LogP contribution in [0, 0.1) is 5.82 Å². The van der Waals surface area contributed by atoms with Crippen molar-refractivity contribution in [3.63, 3.8) is 0 Å². The van der Waals surface area contributed by atoms with E-state index in [1.54, 1.807) is 30.3 Å². The molecule has 0 radical (unpaired) electrons. The molecule has 0 fully saturated rings. The molecule has 0 unspecified atom stereocenters. The summed E-state index contributed by atoms with van der Waals surface area (Å²) in [6.45, 7) is 0.369. The highest BCUT2D eigenvalue weighted by molar-refractivity contribution is 5.90. The van der Waals surface area contributed by atoms with E-state index in [1.165, 1.54) is 12.1 Å². The van der Waals surface area contributed by atoms with Crippen molar-refractivity contribution in [2.45, 2.75) is 18.9 Å². The Morgan fingerprint density at radius 1 is 0.781 bits per heavy atom. The van der Waals surface area contributed by atoms with Crippen molar-refractivity contribution in [3.05, 3.63) is 77.6 Å². The number of anilines is 1. The average molecular weight is 436 g/mol. The maximum atomic E-state index is 13.3. The molecule has 0 saturated carbocycles. The number of rotatable bonds is 6. The highest BCUT2D eigenvalue weighted by atomic mass is 19.1. The Kier molecular flexibility index (Phi) is 5.41. The predicted molar refractivity (Wildman–Crippen MR) is 115 cm³/mol. The fourth-order valence-corrected chi connectivity index (χ4v) is 3.76. The quantitative estimate of drug-likeness (QED) is 0.604. The van der Waals surface area contributed by atoms with Crippen molar-refractivity contribution in [1.29, 1.82) is 0 Å². The maximum Gasteiger partial charge on any atom is 0.319 e. The second-order valence-electron chi connectivity index (χ2n) is 7.59. The minimum Gasteiger partial charge on any atom is -0.454 e. The standard InChI is InChI=1S/C24H21FN2O5/c25-17-4-1-15(2-5-17)9-19(10-16-3-7-20-22(11-16)31-13-29-20)27-24(28)26-18-6-8-21-23(12-18)32-14-30-21/h1-8,11-12,19H,9-10,13-14H2,(H2,26,27,28)/t19-/m0/s1. The normalized spacial score (nSPS) is 14.2. The Morgan fingerprint density at radius 3 is 2.12 bits per heavy atom.